The van der Waals surface area contributed by atoms with Gasteiger partial charge in [-0.05, 0) is 11.1 Å². The van der Waals surface area contributed by atoms with E-state index in [1.54, 1.807) is 0 Å². The van der Waals surface area contributed by atoms with Gasteiger partial charge in [-0.25, -0.2) is 0 Å². The largest absolute Gasteiger partial charge is 0.462 e. The molecule has 0 aromatic heterocycles. The molecule has 0 radical (unpaired) electrons. The third-order valence-electron chi connectivity index (χ3n) is 3.96. The van der Waals surface area contributed by atoms with Crippen LogP contribution in [-0.2, 0) is 20.9 Å². The normalized spacial score (nSPS) is 20.8. The molecule has 1 saturated heterocycles. The Labute approximate surface area is 130 Å². The number of carbonyl (C=O) groups is 1. The van der Waals surface area contributed by atoms with Crippen molar-refractivity contribution in [3.63, 3.8) is 0 Å². The van der Waals surface area contributed by atoms with Crippen LogP contribution in [0.2, 0.25) is 0 Å². The van der Waals surface area contributed by atoms with Crippen LogP contribution in [0.1, 0.15) is 29.9 Å². The van der Waals surface area contributed by atoms with Crippen molar-refractivity contribution in [3.8, 4) is 0 Å². The molecular weight excluding hydrogens is 276 g/mol. The molecule has 1 aliphatic rings. The van der Waals surface area contributed by atoms with Gasteiger partial charge in [-0.3, -0.25) is 4.79 Å². The van der Waals surface area contributed by atoms with Crippen molar-refractivity contribution < 1.29 is 14.3 Å². The van der Waals surface area contributed by atoms with Crippen LogP contribution in [0.3, 0.4) is 0 Å². The molecule has 1 fully saturated rings. The van der Waals surface area contributed by atoms with Crippen LogP contribution in [0.5, 0.6) is 0 Å². The summed E-state index contributed by atoms with van der Waals surface area (Å²) in [7, 11) is 0. The van der Waals surface area contributed by atoms with Crippen molar-refractivity contribution in [1.82, 2.24) is 0 Å². The average Bonchev–Trinajstić information content (AvgIpc) is 2.94. The molecule has 3 rings (SSSR count). The first-order valence-electron chi connectivity index (χ1n) is 7.70. The molecule has 3 heteroatoms. The van der Waals surface area contributed by atoms with E-state index in [1.165, 1.54) is 0 Å². The van der Waals surface area contributed by atoms with Gasteiger partial charge in [-0.1, -0.05) is 60.7 Å². The van der Waals surface area contributed by atoms with Crippen LogP contribution in [0.15, 0.2) is 60.7 Å². The zero-order chi connectivity index (χ0) is 15.2. The van der Waals surface area contributed by atoms with Crippen molar-refractivity contribution in [2.24, 2.45) is 0 Å². The summed E-state index contributed by atoms with van der Waals surface area (Å²) in [5.41, 5.74) is 2.20. The zero-order valence-electron chi connectivity index (χ0n) is 12.5. The van der Waals surface area contributed by atoms with Gasteiger partial charge >= 0.3 is 5.97 Å². The third-order valence-corrected chi connectivity index (χ3v) is 3.96. The van der Waals surface area contributed by atoms with Gasteiger partial charge in [-0.2, -0.15) is 0 Å². The quantitative estimate of drug-likeness (QED) is 0.602. The summed E-state index contributed by atoms with van der Waals surface area (Å²) in [4.78, 5) is 12.0. The molecule has 0 aliphatic carbocycles. The van der Waals surface area contributed by atoms with Gasteiger partial charge < -0.3 is 9.47 Å². The van der Waals surface area contributed by atoms with Crippen molar-refractivity contribution in [2.45, 2.75) is 31.5 Å². The summed E-state index contributed by atoms with van der Waals surface area (Å²) < 4.78 is 11.1. The Morgan fingerprint density at radius 1 is 1.00 bits per heavy atom. The smallest absolute Gasteiger partial charge is 0.313 e. The molecule has 1 aliphatic heterocycles. The Bertz CT molecular complexity index is 595. The Morgan fingerprint density at radius 3 is 2.41 bits per heavy atom. The van der Waals surface area contributed by atoms with E-state index in [1.807, 2.05) is 60.7 Å². The monoisotopic (exact) mass is 296 g/mol. The molecule has 114 valence electrons. The lowest BCUT2D eigenvalue weighted by Crippen LogP contribution is -2.10. The predicted octanol–water partition coefficient (Wildman–Crippen LogP) is 3.69. The van der Waals surface area contributed by atoms with E-state index in [-0.39, 0.29) is 18.0 Å². The van der Waals surface area contributed by atoms with Gasteiger partial charge in [-0.15, -0.1) is 0 Å². The molecule has 0 bridgehead atoms. The van der Waals surface area contributed by atoms with E-state index in [2.05, 4.69) is 0 Å². The Kier molecular flexibility index (Phi) is 4.86. The molecule has 0 spiro atoms. The highest BCUT2D eigenvalue weighted by molar-refractivity contribution is 5.80. The molecule has 2 atom stereocenters. The SMILES string of the molecule is O=C1O[C@@H](CCOCc2ccccc2)CC1c1ccccc1. The average molecular weight is 296 g/mol. The standard InChI is InChI=1S/C19H20O3/c20-19-18(16-9-5-2-6-10-16)13-17(22-19)11-12-21-14-15-7-3-1-4-8-15/h1-10,17-18H,11-14H2/t17-,18?/m0/s1. The summed E-state index contributed by atoms with van der Waals surface area (Å²) in [5, 5.41) is 0. The molecule has 0 amide bonds. The Balaban J connectivity index is 1.44. The summed E-state index contributed by atoms with van der Waals surface area (Å²) >= 11 is 0. The van der Waals surface area contributed by atoms with E-state index in [4.69, 9.17) is 9.47 Å². The van der Waals surface area contributed by atoms with Crippen molar-refractivity contribution in [3.05, 3.63) is 71.8 Å². The lowest BCUT2D eigenvalue weighted by atomic mass is 9.95. The second kappa shape index (κ2) is 7.23. The van der Waals surface area contributed by atoms with Gasteiger partial charge in [0.2, 0.25) is 0 Å². The zero-order valence-corrected chi connectivity index (χ0v) is 12.5. The fraction of sp³-hybridized carbons (Fsp3) is 0.316. The van der Waals surface area contributed by atoms with Crippen molar-refractivity contribution >= 4 is 5.97 Å². The molecule has 1 unspecified atom stereocenters. The molecule has 0 saturated carbocycles. The summed E-state index contributed by atoms with van der Waals surface area (Å²) in [6.07, 6.45) is 1.47. The second-order valence-corrected chi connectivity index (χ2v) is 5.58. The molecule has 1 heterocycles. The van der Waals surface area contributed by atoms with Crippen LogP contribution < -0.4 is 0 Å². The first kappa shape index (κ1) is 14.8. The maximum atomic E-state index is 12.0. The number of hydrogen-bond donors (Lipinski definition) is 0. The van der Waals surface area contributed by atoms with Crippen LogP contribution in [0.4, 0.5) is 0 Å². The summed E-state index contributed by atoms with van der Waals surface area (Å²) in [6.45, 7) is 1.21. The van der Waals surface area contributed by atoms with E-state index in [0.717, 1.165) is 24.0 Å². The minimum Gasteiger partial charge on any atom is -0.462 e. The lowest BCUT2D eigenvalue weighted by molar-refractivity contribution is -0.143. The minimum absolute atomic E-state index is 0.0338. The fourth-order valence-corrected chi connectivity index (χ4v) is 2.77. The van der Waals surface area contributed by atoms with Crippen LogP contribution >= 0.6 is 0 Å². The number of benzene rings is 2. The van der Waals surface area contributed by atoms with Gasteiger partial charge in [0.15, 0.2) is 0 Å². The Hall–Kier alpha value is -2.13. The number of esters is 1. The van der Waals surface area contributed by atoms with Gasteiger partial charge in [0.1, 0.15) is 6.10 Å². The number of carbonyl (C=O) groups excluding carboxylic acids is 1. The highest BCUT2D eigenvalue weighted by atomic mass is 16.6. The molecule has 0 N–H and O–H groups in total. The third kappa shape index (κ3) is 3.74. The minimum atomic E-state index is -0.125. The van der Waals surface area contributed by atoms with E-state index >= 15 is 0 Å². The highest BCUT2D eigenvalue weighted by Crippen LogP contribution is 2.31. The van der Waals surface area contributed by atoms with Gasteiger partial charge in [0, 0.05) is 12.8 Å². The van der Waals surface area contributed by atoms with E-state index in [9.17, 15) is 4.79 Å². The van der Waals surface area contributed by atoms with Gasteiger partial charge in [0.05, 0.1) is 19.1 Å². The van der Waals surface area contributed by atoms with Crippen LogP contribution in [0.25, 0.3) is 0 Å². The maximum Gasteiger partial charge on any atom is 0.313 e. The highest BCUT2D eigenvalue weighted by Gasteiger charge is 2.34. The Morgan fingerprint density at radius 2 is 1.68 bits per heavy atom. The van der Waals surface area contributed by atoms with E-state index in [0.29, 0.717) is 13.2 Å². The molecule has 2 aromatic carbocycles. The van der Waals surface area contributed by atoms with Gasteiger partial charge in [0.25, 0.3) is 0 Å². The van der Waals surface area contributed by atoms with Crippen LogP contribution in [-0.4, -0.2) is 18.7 Å². The molecular formula is C19H20O3. The van der Waals surface area contributed by atoms with Crippen LogP contribution in [0, 0.1) is 0 Å². The summed E-state index contributed by atoms with van der Waals surface area (Å²) in [5.74, 6) is -0.236. The second-order valence-electron chi connectivity index (χ2n) is 5.58. The molecule has 3 nitrogen and oxygen atoms in total. The predicted molar refractivity (Wildman–Crippen MR) is 84.4 cm³/mol. The summed E-state index contributed by atoms with van der Waals surface area (Å²) in [6, 6.07) is 19.9. The fourth-order valence-electron chi connectivity index (χ4n) is 2.77. The number of ether oxygens (including phenoxy) is 2. The lowest BCUT2D eigenvalue weighted by Gasteiger charge is -2.09. The molecule has 2 aromatic rings. The number of rotatable bonds is 6. The van der Waals surface area contributed by atoms with Crippen molar-refractivity contribution in [1.29, 1.82) is 0 Å². The van der Waals surface area contributed by atoms with Crippen molar-refractivity contribution in [2.75, 3.05) is 6.61 Å². The maximum absolute atomic E-state index is 12.0. The number of hydrogen-bond acceptors (Lipinski definition) is 3. The van der Waals surface area contributed by atoms with E-state index < -0.39 is 0 Å². The first-order valence-corrected chi connectivity index (χ1v) is 7.70. The number of cyclic esters (lactones) is 1. The topological polar surface area (TPSA) is 35.5 Å². The molecule has 22 heavy (non-hydrogen) atoms. The first-order chi connectivity index (χ1) is 10.8.